The fourth-order valence-corrected chi connectivity index (χ4v) is 7.61. The monoisotopic (exact) mass is 706 g/mol. The number of benzene rings is 2. The smallest absolute Gasteiger partial charge is 0.157 e. The van der Waals surface area contributed by atoms with Crippen LogP contribution in [0.4, 0.5) is 0 Å². The molecule has 6 aromatic heterocycles. The van der Waals surface area contributed by atoms with Gasteiger partial charge in [-0.05, 0) is 101 Å². The van der Waals surface area contributed by atoms with Gasteiger partial charge in [0.25, 0.3) is 0 Å². The van der Waals surface area contributed by atoms with E-state index in [1.54, 1.807) is 39.6 Å². The van der Waals surface area contributed by atoms with Crippen LogP contribution in [0.25, 0.3) is 42.0 Å². The minimum atomic E-state index is 0.528. The third-order valence-electron chi connectivity index (χ3n) is 7.23. The summed E-state index contributed by atoms with van der Waals surface area (Å²) in [6.45, 7) is 7.93. The largest absolute Gasteiger partial charge is 0.235 e. The van der Waals surface area contributed by atoms with Crippen LogP contribution < -0.4 is 0 Å². The van der Waals surface area contributed by atoms with E-state index in [0.29, 0.717) is 10.3 Å². The van der Waals surface area contributed by atoms with Crippen molar-refractivity contribution < 1.29 is 0 Å². The molecule has 8 rings (SSSR count). The molecule has 216 valence electrons. The molecule has 0 amide bonds. The van der Waals surface area contributed by atoms with Crippen LogP contribution >= 0.6 is 61.8 Å². The number of hydrogen-bond acceptors (Lipinski definition) is 6. The Morgan fingerprint density at radius 1 is 0.698 bits per heavy atom. The second kappa shape index (κ2) is 12.3. The maximum absolute atomic E-state index is 6.23. The van der Waals surface area contributed by atoms with Crippen LogP contribution in [0.15, 0.2) is 83.0 Å². The molecular formula is C32H25BrCl2N6S2. The van der Waals surface area contributed by atoms with Gasteiger partial charge in [0.05, 0.1) is 14.9 Å². The first-order chi connectivity index (χ1) is 20.7. The minimum Gasteiger partial charge on any atom is -0.235 e. The maximum atomic E-state index is 6.23. The van der Waals surface area contributed by atoms with Gasteiger partial charge in [-0.3, -0.25) is 0 Å². The van der Waals surface area contributed by atoms with Gasteiger partial charge in [-0.25, -0.2) is 19.0 Å². The molecule has 0 spiro atoms. The molecule has 0 aliphatic rings. The molecule has 0 saturated heterocycles. The molecule has 8 aromatic rings. The molecule has 6 nitrogen and oxygen atoms in total. The molecule has 0 bridgehead atoms. The molecule has 0 unspecified atom stereocenters. The predicted octanol–water partition coefficient (Wildman–Crippen LogP) is 10.5. The van der Waals surface area contributed by atoms with Crippen molar-refractivity contribution in [3.8, 4) is 10.6 Å². The van der Waals surface area contributed by atoms with Gasteiger partial charge in [-0.2, -0.15) is 10.2 Å². The average Bonchev–Trinajstić information content (AvgIpc) is 3.80. The van der Waals surface area contributed by atoms with Gasteiger partial charge in [0.1, 0.15) is 5.69 Å². The summed E-state index contributed by atoms with van der Waals surface area (Å²) in [7, 11) is 0. The van der Waals surface area contributed by atoms with Crippen LogP contribution in [0.1, 0.15) is 22.3 Å². The fraction of sp³-hybridized carbons (Fsp3) is 0.125. The van der Waals surface area contributed by atoms with E-state index in [4.69, 9.17) is 23.2 Å². The number of thiophene rings is 2. The van der Waals surface area contributed by atoms with Crippen LogP contribution in [0, 0.1) is 27.7 Å². The highest BCUT2D eigenvalue weighted by atomic mass is 79.9. The highest BCUT2D eigenvalue weighted by molar-refractivity contribution is 9.11. The van der Waals surface area contributed by atoms with Crippen LogP contribution in [0.3, 0.4) is 0 Å². The van der Waals surface area contributed by atoms with E-state index in [1.807, 2.05) is 38.4 Å². The second-order valence-electron chi connectivity index (χ2n) is 9.89. The van der Waals surface area contributed by atoms with Gasteiger partial charge in [-0.15, -0.1) is 22.7 Å². The van der Waals surface area contributed by atoms with Crippen molar-refractivity contribution in [3.05, 3.63) is 116 Å². The number of aromatic nitrogens is 6. The zero-order chi connectivity index (χ0) is 30.2. The third-order valence-corrected chi connectivity index (χ3v) is 10.7. The van der Waals surface area contributed by atoms with Crippen molar-refractivity contribution in [2.45, 2.75) is 27.7 Å². The number of hydrogen-bond donors (Lipinski definition) is 0. The fourth-order valence-electron chi connectivity index (χ4n) is 4.55. The number of halogens is 3. The summed E-state index contributed by atoms with van der Waals surface area (Å²) in [6, 6.07) is 21.0. The summed E-state index contributed by atoms with van der Waals surface area (Å²) >= 11 is 19.1. The Hall–Kier alpha value is -3.34. The molecule has 0 atom stereocenters. The van der Waals surface area contributed by atoms with E-state index in [9.17, 15) is 0 Å². The van der Waals surface area contributed by atoms with Gasteiger partial charge in [0.15, 0.2) is 21.6 Å². The summed E-state index contributed by atoms with van der Waals surface area (Å²) in [4.78, 5) is 9.83. The number of aryl methyl sites for hydroxylation is 2. The zero-order valence-corrected chi connectivity index (χ0v) is 28.4. The Balaban J connectivity index is 0.000000126. The van der Waals surface area contributed by atoms with E-state index in [0.717, 1.165) is 44.1 Å². The van der Waals surface area contributed by atoms with E-state index >= 15 is 0 Å². The van der Waals surface area contributed by atoms with Crippen LogP contribution in [0.2, 0.25) is 10.3 Å². The quantitative estimate of drug-likeness (QED) is 0.170. The van der Waals surface area contributed by atoms with E-state index in [1.165, 1.54) is 24.0 Å². The van der Waals surface area contributed by atoms with Crippen molar-refractivity contribution in [2.24, 2.45) is 0 Å². The summed E-state index contributed by atoms with van der Waals surface area (Å²) in [5, 5.41) is 12.2. The lowest BCUT2D eigenvalue weighted by Crippen LogP contribution is -1.99. The molecule has 0 aliphatic heterocycles. The summed E-state index contributed by atoms with van der Waals surface area (Å²) in [6.07, 6.45) is 5.37. The highest BCUT2D eigenvalue weighted by Crippen LogP contribution is 2.34. The Kier molecular flexibility index (Phi) is 8.53. The molecule has 43 heavy (non-hydrogen) atoms. The van der Waals surface area contributed by atoms with Gasteiger partial charge >= 0.3 is 0 Å². The van der Waals surface area contributed by atoms with E-state index in [-0.39, 0.29) is 0 Å². The molecular weight excluding hydrogens is 683 g/mol. The first kappa shape index (κ1) is 29.7. The second-order valence-corrected chi connectivity index (χ2v) is 14.2. The number of fused-ring (bicyclic) bond motifs is 4. The van der Waals surface area contributed by atoms with Crippen LogP contribution in [-0.2, 0) is 0 Å². The van der Waals surface area contributed by atoms with E-state index in [2.05, 4.69) is 96.8 Å². The number of nitrogens with zero attached hydrogens (tertiary/aromatic N) is 6. The average molecular weight is 709 g/mol. The first-order valence-corrected chi connectivity index (χ1v) is 16.5. The molecule has 11 heteroatoms. The molecule has 6 heterocycles. The van der Waals surface area contributed by atoms with Gasteiger partial charge < -0.3 is 0 Å². The number of imidazole rings is 2. The van der Waals surface area contributed by atoms with Gasteiger partial charge in [-0.1, -0.05) is 59.6 Å². The third kappa shape index (κ3) is 5.92. The number of rotatable bonds is 1. The first-order valence-electron chi connectivity index (χ1n) is 13.3. The Morgan fingerprint density at radius 2 is 1.30 bits per heavy atom. The van der Waals surface area contributed by atoms with Gasteiger partial charge in [0.2, 0.25) is 0 Å². The SMILES string of the molecule is Brc1cc2ccccc2s1.Cc1c(Cl)nn2c(-c3cc4ccccc4s3)cnc2c1C.Cc1c(Cl)nn2ccnc2c1C. The maximum Gasteiger partial charge on any atom is 0.157 e. The topological polar surface area (TPSA) is 60.4 Å². The summed E-state index contributed by atoms with van der Waals surface area (Å²) < 4.78 is 7.33. The summed E-state index contributed by atoms with van der Waals surface area (Å²) in [5.74, 6) is 0. The van der Waals surface area contributed by atoms with Gasteiger partial charge in [0, 0.05) is 21.8 Å². The van der Waals surface area contributed by atoms with Crippen molar-refractivity contribution >= 4 is 93.3 Å². The van der Waals surface area contributed by atoms with Crippen LogP contribution in [-0.4, -0.2) is 29.2 Å². The van der Waals surface area contributed by atoms with Crippen LogP contribution in [0.5, 0.6) is 0 Å². The van der Waals surface area contributed by atoms with Crippen molar-refractivity contribution in [2.75, 3.05) is 0 Å². The lowest BCUT2D eigenvalue weighted by Gasteiger charge is -2.05. The Bertz CT molecular complexity index is 2180. The molecule has 0 radical (unpaired) electrons. The Labute approximate surface area is 274 Å². The zero-order valence-electron chi connectivity index (χ0n) is 23.6. The van der Waals surface area contributed by atoms with E-state index < -0.39 is 0 Å². The standard InChI is InChI=1S/C16H12ClN3S.C8H5BrS.C8H8ClN3/c1-9-10(2)16-18-8-12(20(16)19-15(9)17)14-7-11-5-3-4-6-13(11)21-14;9-8-5-6-3-1-2-4-7(6)10-8;1-5-6(2)8-10-3-4-12(8)11-7(5)9/h3-8H,1-2H3;1-5H;3-4H,1-2H3. The normalized spacial score (nSPS) is 11.1. The lowest BCUT2D eigenvalue weighted by atomic mass is 10.2. The Morgan fingerprint density at radius 3 is 1.98 bits per heavy atom. The molecule has 0 N–H and O–H groups in total. The molecule has 2 aromatic carbocycles. The minimum absolute atomic E-state index is 0.528. The molecule has 0 fully saturated rings. The lowest BCUT2D eigenvalue weighted by molar-refractivity contribution is 0.917. The van der Waals surface area contributed by atoms with Crippen molar-refractivity contribution in [1.29, 1.82) is 0 Å². The molecule has 0 saturated carbocycles. The van der Waals surface area contributed by atoms with Crippen molar-refractivity contribution in [1.82, 2.24) is 29.2 Å². The predicted molar refractivity (Wildman–Crippen MR) is 185 cm³/mol. The summed E-state index contributed by atoms with van der Waals surface area (Å²) in [5.41, 5.74) is 6.85. The highest BCUT2D eigenvalue weighted by Gasteiger charge is 2.15. The molecule has 0 aliphatic carbocycles. The van der Waals surface area contributed by atoms with Crippen molar-refractivity contribution in [3.63, 3.8) is 0 Å².